The molecule has 1 amide bonds. The van der Waals surface area contributed by atoms with Crippen LogP contribution in [0.25, 0.3) is 6.08 Å². The fourth-order valence-corrected chi connectivity index (χ4v) is 3.46. The van der Waals surface area contributed by atoms with Gasteiger partial charge in [0.05, 0.1) is 11.5 Å². The van der Waals surface area contributed by atoms with Crippen molar-refractivity contribution in [1.29, 1.82) is 0 Å². The standard InChI is InChI=1S/C21H20F2N2O3/c22-19-9-4-10-20(23)18(19)14-24(16-6-1-2-7-16)21(26)12-11-15-5-3-8-17(13-15)25(27)28/h3-5,8-13,16H,1-2,6-7,14H2/b12-11+. The molecule has 2 aromatic carbocycles. The molecule has 0 aliphatic heterocycles. The van der Waals surface area contributed by atoms with E-state index >= 15 is 0 Å². The van der Waals surface area contributed by atoms with Gasteiger partial charge in [-0.3, -0.25) is 14.9 Å². The number of halogens is 2. The normalized spacial score (nSPS) is 14.5. The summed E-state index contributed by atoms with van der Waals surface area (Å²) in [6.45, 7) is -0.152. The molecule has 1 fully saturated rings. The van der Waals surface area contributed by atoms with Gasteiger partial charge >= 0.3 is 0 Å². The van der Waals surface area contributed by atoms with Crippen molar-refractivity contribution in [2.45, 2.75) is 38.3 Å². The molecule has 0 bridgehead atoms. The van der Waals surface area contributed by atoms with E-state index in [0.29, 0.717) is 5.56 Å². The number of rotatable bonds is 6. The van der Waals surface area contributed by atoms with Gasteiger partial charge in [-0.1, -0.05) is 31.0 Å². The van der Waals surface area contributed by atoms with Crippen molar-refractivity contribution in [2.24, 2.45) is 0 Å². The monoisotopic (exact) mass is 386 g/mol. The van der Waals surface area contributed by atoms with Gasteiger partial charge < -0.3 is 4.90 Å². The van der Waals surface area contributed by atoms with E-state index in [4.69, 9.17) is 0 Å². The Morgan fingerprint density at radius 3 is 2.43 bits per heavy atom. The van der Waals surface area contributed by atoms with Crippen LogP contribution in [0.3, 0.4) is 0 Å². The minimum Gasteiger partial charge on any atom is -0.332 e. The largest absolute Gasteiger partial charge is 0.332 e. The topological polar surface area (TPSA) is 63.4 Å². The Morgan fingerprint density at radius 1 is 1.14 bits per heavy atom. The number of carbonyl (C=O) groups is 1. The van der Waals surface area contributed by atoms with Crippen LogP contribution in [0.5, 0.6) is 0 Å². The molecule has 3 rings (SSSR count). The first-order chi connectivity index (χ1) is 13.5. The van der Waals surface area contributed by atoms with E-state index in [1.807, 2.05) is 0 Å². The fourth-order valence-electron chi connectivity index (χ4n) is 3.46. The summed E-state index contributed by atoms with van der Waals surface area (Å²) in [6.07, 6.45) is 6.27. The summed E-state index contributed by atoms with van der Waals surface area (Å²) in [5.41, 5.74) is 0.299. The van der Waals surface area contributed by atoms with Gasteiger partial charge in [0.15, 0.2) is 0 Å². The van der Waals surface area contributed by atoms with Crippen molar-refractivity contribution in [3.63, 3.8) is 0 Å². The molecular weight excluding hydrogens is 366 g/mol. The molecule has 0 aromatic heterocycles. The number of nitro benzene ring substituents is 1. The van der Waals surface area contributed by atoms with Gasteiger partial charge in [0, 0.05) is 29.8 Å². The van der Waals surface area contributed by atoms with Crippen LogP contribution in [0.2, 0.25) is 0 Å². The Morgan fingerprint density at radius 2 is 1.79 bits per heavy atom. The van der Waals surface area contributed by atoms with Crippen LogP contribution in [-0.2, 0) is 11.3 Å². The first kappa shape index (κ1) is 19.7. The minimum atomic E-state index is -0.682. The average Bonchev–Trinajstić information content (AvgIpc) is 3.20. The molecule has 1 aliphatic rings. The van der Waals surface area contributed by atoms with E-state index < -0.39 is 16.6 Å². The molecule has 1 aliphatic carbocycles. The summed E-state index contributed by atoms with van der Waals surface area (Å²) in [5.74, 6) is -1.74. The van der Waals surface area contributed by atoms with Crippen LogP contribution in [0.15, 0.2) is 48.5 Å². The third kappa shape index (κ3) is 4.60. The molecule has 2 aromatic rings. The predicted octanol–water partition coefficient (Wildman–Crippen LogP) is 4.86. The maximum atomic E-state index is 14.1. The molecule has 0 N–H and O–H groups in total. The predicted molar refractivity (Wildman–Crippen MR) is 101 cm³/mol. The van der Waals surface area contributed by atoms with Gasteiger partial charge in [-0.15, -0.1) is 0 Å². The lowest BCUT2D eigenvalue weighted by Gasteiger charge is -2.28. The van der Waals surface area contributed by atoms with Gasteiger partial charge in [-0.2, -0.15) is 0 Å². The summed E-state index contributed by atoms with van der Waals surface area (Å²) in [6, 6.07) is 9.47. The van der Waals surface area contributed by atoms with Crippen LogP contribution in [0.1, 0.15) is 36.8 Å². The highest BCUT2D eigenvalue weighted by atomic mass is 19.1. The van der Waals surface area contributed by atoms with Crippen LogP contribution in [0.4, 0.5) is 14.5 Å². The molecule has 0 spiro atoms. The Balaban J connectivity index is 1.83. The number of benzene rings is 2. The molecule has 0 unspecified atom stereocenters. The van der Waals surface area contributed by atoms with Crippen molar-refractivity contribution in [3.8, 4) is 0 Å². The average molecular weight is 386 g/mol. The van der Waals surface area contributed by atoms with E-state index in [1.165, 1.54) is 53.5 Å². The Bertz CT molecular complexity index is 888. The second-order valence-corrected chi connectivity index (χ2v) is 6.79. The molecule has 28 heavy (non-hydrogen) atoms. The molecule has 0 atom stereocenters. The van der Waals surface area contributed by atoms with Crippen LogP contribution >= 0.6 is 0 Å². The van der Waals surface area contributed by atoms with Gasteiger partial charge in [-0.05, 0) is 36.6 Å². The highest BCUT2D eigenvalue weighted by molar-refractivity contribution is 5.92. The number of nitro groups is 1. The Hall–Kier alpha value is -3.09. The van der Waals surface area contributed by atoms with Crippen molar-refractivity contribution < 1.29 is 18.5 Å². The molecule has 0 heterocycles. The number of carbonyl (C=O) groups excluding carboxylic acids is 1. The second kappa shape index (κ2) is 8.73. The maximum Gasteiger partial charge on any atom is 0.270 e. The van der Waals surface area contributed by atoms with E-state index in [1.54, 1.807) is 6.07 Å². The number of hydrogen-bond donors (Lipinski definition) is 0. The quantitative estimate of drug-likeness (QED) is 0.405. The maximum absolute atomic E-state index is 14.1. The Labute approximate surface area is 161 Å². The van der Waals surface area contributed by atoms with E-state index in [-0.39, 0.29) is 29.7 Å². The van der Waals surface area contributed by atoms with Gasteiger partial charge in [-0.25, -0.2) is 8.78 Å². The van der Waals surface area contributed by atoms with Crippen molar-refractivity contribution in [2.75, 3.05) is 0 Å². The van der Waals surface area contributed by atoms with Crippen molar-refractivity contribution >= 4 is 17.7 Å². The minimum absolute atomic E-state index is 0.0734. The molecular formula is C21H20F2N2O3. The summed E-state index contributed by atoms with van der Waals surface area (Å²) >= 11 is 0. The summed E-state index contributed by atoms with van der Waals surface area (Å²) in [7, 11) is 0. The zero-order valence-corrected chi connectivity index (χ0v) is 15.2. The van der Waals surface area contributed by atoms with Gasteiger partial charge in [0.1, 0.15) is 11.6 Å². The summed E-state index contributed by atoms with van der Waals surface area (Å²) in [5, 5.41) is 10.9. The zero-order chi connectivity index (χ0) is 20.1. The highest BCUT2D eigenvalue weighted by Crippen LogP contribution is 2.27. The summed E-state index contributed by atoms with van der Waals surface area (Å²) in [4.78, 5) is 24.7. The lowest BCUT2D eigenvalue weighted by Crippen LogP contribution is -2.37. The molecule has 7 heteroatoms. The lowest BCUT2D eigenvalue weighted by atomic mass is 10.1. The van der Waals surface area contributed by atoms with Gasteiger partial charge in [0.2, 0.25) is 5.91 Å². The molecule has 0 saturated heterocycles. The first-order valence-corrected chi connectivity index (χ1v) is 9.11. The first-order valence-electron chi connectivity index (χ1n) is 9.11. The number of amides is 1. The molecule has 146 valence electrons. The number of hydrogen-bond acceptors (Lipinski definition) is 3. The molecule has 1 saturated carbocycles. The van der Waals surface area contributed by atoms with Crippen molar-refractivity contribution in [3.05, 3.63) is 81.4 Å². The number of nitrogens with zero attached hydrogens (tertiary/aromatic N) is 2. The molecule has 5 nitrogen and oxygen atoms in total. The third-order valence-corrected chi connectivity index (χ3v) is 4.94. The SMILES string of the molecule is O=C(/C=C/c1cccc([N+](=O)[O-])c1)N(Cc1c(F)cccc1F)C1CCCC1. The summed E-state index contributed by atoms with van der Waals surface area (Å²) < 4.78 is 28.1. The van der Waals surface area contributed by atoms with E-state index in [0.717, 1.165) is 25.7 Å². The van der Waals surface area contributed by atoms with E-state index in [2.05, 4.69) is 0 Å². The van der Waals surface area contributed by atoms with E-state index in [9.17, 15) is 23.7 Å². The van der Waals surface area contributed by atoms with Crippen molar-refractivity contribution in [1.82, 2.24) is 4.90 Å². The fraction of sp³-hybridized carbons (Fsp3) is 0.286. The molecule has 0 radical (unpaired) electrons. The second-order valence-electron chi connectivity index (χ2n) is 6.79. The third-order valence-electron chi connectivity index (χ3n) is 4.94. The van der Waals surface area contributed by atoms with Crippen LogP contribution in [-0.4, -0.2) is 21.8 Å². The highest BCUT2D eigenvalue weighted by Gasteiger charge is 2.27. The Kier molecular flexibility index (Phi) is 6.13. The lowest BCUT2D eigenvalue weighted by molar-refractivity contribution is -0.384. The number of non-ortho nitro benzene ring substituents is 1. The van der Waals surface area contributed by atoms with Crippen LogP contribution in [0, 0.1) is 21.7 Å². The van der Waals surface area contributed by atoms with Crippen LogP contribution < -0.4 is 0 Å². The smallest absolute Gasteiger partial charge is 0.270 e. The zero-order valence-electron chi connectivity index (χ0n) is 15.2. The van der Waals surface area contributed by atoms with Gasteiger partial charge in [0.25, 0.3) is 5.69 Å².